The minimum atomic E-state index is -0.691. The number of para-hydroxylation sites is 1. The van der Waals surface area contributed by atoms with Crippen LogP contribution in [0.5, 0.6) is 0 Å². The van der Waals surface area contributed by atoms with Crippen LogP contribution in [0.1, 0.15) is 48.2 Å². The molecule has 1 aromatic carbocycles. The second-order valence-corrected chi connectivity index (χ2v) is 10.3. The number of carbonyl (C=O) groups is 2. The van der Waals surface area contributed by atoms with Crippen molar-refractivity contribution in [1.29, 1.82) is 0 Å². The maximum absolute atomic E-state index is 13.5. The first-order valence-electron chi connectivity index (χ1n) is 11.4. The summed E-state index contributed by atoms with van der Waals surface area (Å²) >= 11 is 0. The molecule has 33 heavy (non-hydrogen) atoms. The number of nitrogens with zero attached hydrogens (tertiary/aromatic N) is 2. The predicted molar refractivity (Wildman–Crippen MR) is 121 cm³/mol. The van der Waals surface area contributed by atoms with Gasteiger partial charge in [0.15, 0.2) is 0 Å². The van der Waals surface area contributed by atoms with E-state index in [9.17, 15) is 14.7 Å². The van der Waals surface area contributed by atoms with E-state index in [1.54, 1.807) is 12.4 Å². The molecule has 8 rings (SSSR count). The number of aliphatic carboxylic acids is 1. The first-order valence-corrected chi connectivity index (χ1v) is 11.4. The highest BCUT2D eigenvalue weighted by molar-refractivity contribution is 6.06. The first kappa shape index (κ1) is 18.9. The highest BCUT2D eigenvalue weighted by Crippen LogP contribution is 2.81. The average molecular weight is 441 g/mol. The Balaban J connectivity index is 1.18. The summed E-state index contributed by atoms with van der Waals surface area (Å²) in [6.45, 7) is 0.513. The van der Waals surface area contributed by atoms with Gasteiger partial charge in [0.2, 0.25) is 0 Å². The van der Waals surface area contributed by atoms with Crippen molar-refractivity contribution in [1.82, 2.24) is 14.9 Å². The number of fused-ring (bicyclic) bond motifs is 2. The van der Waals surface area contributed by atoms with Gasteiger partial charge in [0.25, 0.3) is 5.91 Å². The van der Waals surface area contributed by atoms with Crippen LogP contribution in [0.4, 0.5) is 0 Å². The molecule has 0 saturated heterocycles. The monoisotopic (exact) mass is 441 g/mol. The van der Waals surface area contributed by atoms with Gasteiger partial charge >= 0.3 is 5.97 Å². The lowest BCUT2D eigenvalue weighted by Gasteiger charge is -2.71. The van der Waals surface area contributed by atoms with Gasteiger partial charge in [-0.1, -0.05) is 18.2 Å². The third-order valence-electron chi connectivity index (χ3n) is 8.32. The van der Waals surface area contributed by atoms with Gasteiger partial charge in [0, 0.05) is 34.9 Å². The number of carboxylic acid groups (broad SMARTS) is 1. The summed E-state index contributed by atoms with van der Waals surface area (Å²) in [5.41, 5.74) is 1.37. The van der Waals surface area contributed by atoms with Crippen LogP contribution < -0.4 is 5.32 Å². The number of carbonyl (C=O) groups excluding carboxylic acids is 1. The molecule has 4 saturated carbocycles. The number of carboxylic acids is 1. The molecule has 7 heteroatoms. The van der Waals surface area contributed by atoms with Crippen molar-refractivity contribution >= 4 is 33.7 Å². The third kappa shape index (κ3) is 2.47. The third-order valence-corrected chi connectivity index (χ3v) is 8.32. The van der Waals surface area contributed by atoms with E-state index in [1.165, 1.54) is 0 Å². The van der Waals surface area contributed by atoms with Crippen molar-refractivity contribution in [2.24, 2.45) is 10.8 Å². The summed E-state index contributed by atoms with van der Waals surface area (Å²) in [5.74, 6) is -0.00323. The maximum atomic E-state index is 13.5. The molecule has 0 atom stereocenters. The summed E-state index contributed by atoms with van der Waals surface area (Å²) in [4.78, 5) is 29.3. The number of furan rings is 1. The Morgan fingerprint density at radius 2 is 1.88 bits per heavy atom. The fraction of sp³-hybridized carbons (Fsp3) is 0.346. The normalized spacial score (nSPS) is 26.5. The minimum absolute atomic E-state index is 0.0430. The number of benzene rings is 1. The van der Waals surface area contributed by atoms with E-state index in [1.807, 2.05) is 47.2 Å². The van der Waals surface area contributed by atoms with E-state index < -0.39 is 11.4 Å². The molecular formula is C26H23N3O4. The number of nitrogens with one attached hydrogen (secondary N) is 1. The van der Waals surface area contributed by atoms with Gasteiger partial charge in [-0.25, -0.2) is 0 Å². The lowest BCUT2D eigenvalue weighted by molar-refractivity contribution is -0.236. The Bertz CT molecular complexity index is 1420. The number of aromatic nitrogens is 2. The number of hydrogen-bond acceptors (Lipinski definition) is 4. The molecule has 0 unspecified atom stereocenters. The first-order chi connectivity index (χ1) is 15.9. The molecule has 0 spiro atoms. The molecule has 2 bridgehead atoms. The summed E-state index contributed by atoms with van der Waals surface area (Å²) in [5, 5.41) is 14.7. The number of hydrogen-bond donors (Lipinski definition) is 2. The van der Waals surface area contributed by atoms with E-state index in [-0.39, 0.29) is 16.9 Å². The van der Waals surface area contributed by atoms with Gasteiger partial charge in [-0.15, -0.1) is 0 Å². The number of amides is 1. The van der Waals surface area contributed by atoms with Crippen LogP contribution in [0.25, 0.3) is 21.9 Å². The lowest BCUT2D eigenvalue weighted by atomic mass is 9.32. The van der Waals surface area contributed by atoms with Crippen LogP contribution in [-0.4, -0.2) is 32.1 Å². The highest BCUT2D eigenvalue weighted by atomic mass is 16.4. The Labute approximate surface area is 189 Å². The van der Waals surface area contributed by atoms with Gasteiger partial charge < -0.3 is 19.4 Å². The van der Waals surface area contributed by atoms with E-state index in [2.05, 4.69) is 10.3 Å². The Morgan fingerprint density at radius 3 is 2.61 bits per heavy atom. The van der Waals surface area contributed by atoms with Crippen molar-refractivity contribution in [2.45, 2.75) is 44.2 Å². The van der Waals surface area contributed by atoms with Crippen LogP contribution in [0, 0.1) is 10.8 Å². The van der Waals surface area contributed by atoms with Crippen molar-refractivity contribution in [2.75, 3.05) is 0 Å². The molecule has 4 aromatic rings. The SMILES string of the molecule is O=C(NC1(C23CC(C(=O)O)(C2)C3)CC1)c1cncc2ccn(Cc3cc4ccccc4o3)c12. The molecule has 4 fully saturated rings. The van der Waals surface area contributed by atoms with E-state index in [0.29, 0.717) is 31.4 Å². The average Bonchev–Trinajstić information content (AvgIpc) is 3.19. The topological polar surface area (TPSA) is 97.4 Å². The molecule has 2 N–H and O–H groups in total. The van der Waals surface area contributed by atoms with Gasteiger partial charge in [-0.3, -0.25) is 14.6 Å². The van der Waals surface area contributed by atoms with Crippen molar-refractivity contribution < 1.29 is 19.1 Å². The predicted octanol–water partition coefficient (Wildman–Crippen LogP) is 4.35. The van der Waals surface area contributed by atoms with Crippen LogP contribution in [0.3, 0.4) is 0 Å². The summed E-state index contributed by atoms with van der Waals surface area (Å²) in [7, 11) is 0. The Morgan fingerprint density at radius 1 is 1.09 bits per heavy atom. The van der Waals surface area contributed by atoms with Gasteiger partial charge in [-0.2, -0.15) is 0 Å². The standard InChI is InChI=1S/C26H23N3O4/c30-22(28-26(6-7-26)25-13-24(14-25,15-25)23(31)32)19-11-27-10-17-5-8-29(21(17)19)12-18-9-16-3-1-2-4-20(16)33-18/h1-5,8-11H,6-7,12-15H2,(H,28,30)(H,31,32). The fourth-order valence-corrected chi connectivity index (χ4v) is 6.46. The van der Waals surface area contributed by atoms with Gasteiger partial charge in [0.1, 0.15) is 11.3 Å². The van der Waals surface area contributed by atoms with Crippen LogP contribution in [0.2, 0.25) is 0 Å². The molecule has 1 amide bonds. The molecule has 0 aliphatic heterocycles. The number of pyridine rings is 1. The van der Waals surface area contributed by atoms with Crippen LogP contribution >= 0.6 is 0 Å². The zero-order valence-corrected chi connectivity index (χ0v) is 18.0. The molecule has 3 heterocycles. The fourth-order valence-electron chi connectivity index (χ4n) is 6.46. The molecule has 0 radical (unpaired) electrons. The lowest BCUT2D eigenvalue weighted by Crippen LogP contribution is -2.73. The second-order valence-electron chi connectivity index (χ2n) is 10.3. The molecule has 4 aliphatic carbocycles. The molecule has 4 aliphatic rings. The quantitative estimate of drug-likeness (QED) is 0.464. The van der Waals surface area contributed by atoms with Crippen molar-refractivity contribution in [3.05, 3.63) is 66.3 Å². The molecular weight excluding hydrogens is 418 g/mol. The largest absolute Gasteiger partial charge is 0.481 e. The molecule has 166 valence electrons. The van der Waals surface area contributed by atoms with E-state index in [0.717, 1.165) is 40.5 Å². The summed E-state index contributed by atoms with van der Waals surface area (Å²) < 4.78 is 8.03. The van der Waals surface area contributed by atoms with Crippen LogP contribution in [-0.2, 0) is 11.3 Å². The van der Waals surface area contributed by atoms with Crippen LogP contribution in [0.15, 0.2) is 59.4 Å². The minimum Gasteiger partial charge on any atom is -0.481 e. The zero-order valence-electron chi connectivity index (χ0n) is 18.0. The van der Waals surface area contributed by atoms with E-state index in [4.69, 9.17) is 4.42 Å². The molecule has 3 aromatic heterocycles. The summed E-state index contributed by atoms with van der Waals surface area (Å²) in [6, 6.07) is 11.9. The van der Waals surface area contributed by atoms with Gasteiger partial charge in [0.05, 0.1) is 23.0 Å². The van der Waals surface area contributed by atoms with Crippen molar-refractivity contribution in [3.63, 3.8) is 0 Å². The highest BCUT2D eigenvalue weighted by Gasteiger charge is 2.81. The van der Waals surface area contributed by atoms with E-state index >= 15 is 0 Å². The summed E-state index contributed by atoms with van der Waals surface area (Å²) in [6.07, 6.45) is 9.23. The Hall–Kier alpha value is -3.61. The number of rotatable bonds is 6. The smallest absolute Gasteiger partial charge is 0.309 e. The maximum Gasteiger partial charge on any atom is 0.309 e. The van der Waals surface area contributed by atoms with Crippen molar-refractivity contribution in [3.8, 4) is 0 Å². The molecule has 7 nitrogen and oxygen atoms in total. The Kier molecular flexibility index (Phi) is 3.46. The van der Waals surface area contributed by atoms with Gasteiger partial charge in [-0.05, 0) is 55.7 Å². The zero-order chi connectivity index (χ0) is 22.4. The second kappa shape index (κ2) is 6.04.